The van der Waals surface area contributed by atoms with Crippen LogP contribution in [0.4, 0.5) is 0 Å². The van der Waals surface area contributed by atoms with Crippen LogP contribution in [0.3, 0.4) is 0 Å². The van der Waals surface area contributed by atoms with Gasteiger partial charge in [0.05, 0.1) is 4.70 Å². The fourth-order valence-electron chi connectivity index (χ4n) is 1.54. The van der Waals surface area contributed by atoms with Gasteiger partial charge in [-0.2, -0.15) is 0 Å². The fraction of sp³-hybridized carbons (Fsp3) is 0. The van der Waals surface area contributed by atoms with E-state index in [4.69, 9.17) is 9.52 Å². The normalized spacial score (nSPS) is 10.9. The monoisotopic (exact) mass is 263 g/mol. The van der Waals surface area contributed by atoms with E-state index >= 15 is 0 Å². The Balaban J connectivity index is 2.12. The SMILES string of the molecule is O=C(O)c1cc(-c2ccc3oc(=O)sc3c2)no1. The Hall–Kier alpha value is -2.41. The second kappa shape index (κ2) is 3.81. The quantitative estimate of drug-likeness (QED) is 0.761. The Kier molecular flexibility index (Phi) is 2.27. The summed E-state index contributed by atoms with van der Waals surface area (Å²) in [5, 5.41) is 12.4. The predicted octanol–water partition coefficient (Wildman–Crippen LogP) is 2.21. The van der Waals surface area contributed by atoms with Gasteiger partial charge in [-0.05, 0) is 18.2 Å². The van der Waals surface area contributed by atoms with Crippen molar-refractivity contribution in [1.82, 2.24) is 5.16 Å². The highest BCUT2D eigenvalue weighted by Gasteiger charge is 2.13. The van der Waals surface area contributed by atoms with Gasteiger partial charge in [-0.3, -0.25) is 0 Å². The van der Waals surface area contributed by atoms with Crippen LogP contribution < -0.4 is 4.94 Å². The molecule has 2 aromatic heterocycles. The smallest absolute Gasteiger partial charge is 0.396 e. The Morgan fingerprint density at radius 2 is 2.17 bits per heavy atom. The second-order valence-electron chi connectivity index (χ2n) is 3.50. The standard InChI is InChI=1S/C11H5NO5S/c13-10(14)8-4-6(12-17-8)5-1-2-7-9(3-5)18-11(15)16-7/h1-4H,(H,13,14). The van der Waals surface area contributed by atoms with Gasteiger partial charge in [-0.25, -0.2) is 9.59 Å². The molecule has 0 saturated heterocycles. The maximum atomic E-state index is 11.1. The molecule has 0 saturated carbocycles. The van der Waals surface area contributed by atoms with Crippen LogP contribution in [0.1, 0.15) is 10.6 Å². The Bertz CT molecular complexity index is 797. The van der Waals surface area contributed by atoms with Crippen LogP contribution in [0.2, 0.25) is 0 Å². The minimum atomic E-state index is -1.18. The molecule has 0 bridgehead atoms. The van der Waals surface area contributed by atoms with E-state index in [2.05, 4.69) is 9.68 Å². The maximum absolute atomic E-state index is 11.1. The summed E-state index contributed by atoms with van der Waals surface area (Å²) in [5.41, 5.74) is 1.56. The molecule has 0 spiro atoms. The van der Waals surface area contributed by atoms with Crippen LogP contribution in [0.5, 0.6) is 0 Å². The first-order valence-electron chi connectivity index (χ1n) is 4.87. The van der Waals surface area contributed by atoms with Crippen molar-refractivity contribution in [1.29, 1.82) is 0 Å². The van der Waals surface area contributed by atoms with Gasteiger partial charge in [0.25, 0.3) is 0 Å². The molecule has 0 atom stereocenters. The predicted molar refractivity (Wildman–Crippen MR) is 62.8 cm³/mol. The van der Waals surface area contributed by atoms with Crippen molar-refractivity contribution in [3.05, 3.63) is 39.8 Å². The molecular formula is C11H5NO5S. The lowest BCUT2D eigenvalue weighted by atomic mass is 10.1. The van der Waals surface area contributed by atoms with Gasteiger partial charge >= 0.3 is 10.9 Å². The Morgan fingerprint density at radius 3 is 2.89 bits per heavy atom. The molecule has 0 amide bonds. The first-order valence-corrected chi connectivity index (χ1v) is 5.69. The van der Waals surface area contributed by atoms with E-state index in [0.29, 0.717) is 21.5 Å². The van der Waals surface area contributed by atoms with Crippen molar-refractivity contribution in [2.24, 2.45) is 0 Å². The number of rotatable bonds is 2. The van der Waals surface area contributed by atoms with E-state index in [1.54, 1.807) is 18.2 Å². The molecule has 0 aliphatic carbocycles. The molecule has 0 radical (unpaired) electrons. The number of aromatic nitrogens is 1. The van der Waals surface area contributed by atoms with Crippen molar-refractivity contribution in [3.8, 4) is 11.3 Å². The highest BCUT2D eigenvalue weighted by atomic mass is 32.1. The fourth-order valence-corrected chi connectivity index (χ4v) is 2.25. The number of carbonyl (C=O) groups is 1. The zero-order valence-electron chi connectivity index (χ0n) is 8.75. The van der Waals surface area contributed by atoms with E-state index in [-0.39, 0.29) is 10.7 Å². The van der Waals surface area contributed by atoms with E-state index in [1.807, 2.05) is 0 Å². The van der Waals surface area contributed by atoms with Crippen LogP contribution in [0, 0.1) is 0 Å². The number of nitrogens with zero attached hydrogens (tertiary/aromatic N) is 1. The summed E-state index contributed by atoms with van der Waals surface area (Å²) >= 11 is 0.977. The summed E-state index contributed by atoms with van der Waals surface area (Å²) in [5.74, 6) is -1.41. The first kappa shape index (κ1) is 10.7. The molecular weight excluding hydrogens is 258 g/mol. The van der Waals surface area contributed by atoms with Crippen LogP contribution >= 0.6 is 11.3 Å². The molecule has 90 valence electrons. The zero-order chi connectivity index (χ0) is 12.7. The van der Waals surface area contributed by atoms with Crippen molar-refractivity contribution < 1.29 is 18.8 Å². The number of hydrogen-bond acceptors (Lipinski definition) is 6. The second-order valence-corrected chi connectivity index (χ2v) is 4.47. The number of benzene rings is 1. The minimum absolute atomic E-state index is 0.231. The molecule has 0 unspecified atom stereocenters. The van der Waals surface area contributed by atoms with Gasteiger partial charge < -0.3 is 14.0 Å². The lowest BCUT2D eigenvalue weighted by Gasteiger charge is -1.93. The summed E-state index contributed by atoms with van der Waals surface area (Å²) in [6, 6.07) is 6.35. The number of aromatic carboxylic acids is 1. The minimum Gasteiger partial charge on any atom is -0.475 e. The molecule has 1 aromatic carbocycles. The number of fused-ring (bicyclic) bond motifs is 1. The molecule has 6 nitrogen and oxygen atoms in total. The van der Waals surface area contributed by atoms with Crippen molar-refractivity contribution in [2.75, 3.05) is 0 Å². The third-order valence-electron chi connectivity index (χ3n) is 2.35. The van der Waals surface area contributed by atoms with Crippen molar-refractivity contribution >= 4 is 27.6 Å². The number of hydrogen-bond donors (Lipinski definition) is 1. The molecule has 0 fully saturated rings. The summed E-state index contributed by atoms with van der Waals surface area (Å²) in [6.07, 6.45) is 0. The maximum Gasteiger partial charge on any atom is 0.396 e. The third-order valence-corrected chi connectivity index (χ3v) is 3.14. The van der Waals surface area contributed by atoms with Crippen LogP contribution in [-0.4, -0.2) is 16.2 Å². The van der Waals surface area contributed by atoms with Crippen LogP contribution in [0.15, 0.2) is 38.0 Å². The van der Waals surface area contributed by atoms with Gasteiger partial charge in [-0.15, -0.1) is 0 Å². The summed E-state index contributed by atoms with van der Waals surface area (Å²) < 4.78 is 10.3. The molecule has 0 aliphatic heterocycles. The molecule has 1 N–H and O–H groups in total. The number of carboxylic acid groups (broad SMARTS) is 1. The first-order chi connectivity index (χ1) is 8.63. The van der Waals surface area contributed by atoms with E-state index in [1.165, 1.54) is 6.07 Å². The molecule has 3 rings (SSSR count). The average Bonchev–Trinajstić information content (AvgIpc) is 2.91. The van der Waals surface area contributed by atoms with E-state index in [9.17, 15) is 9.59 Å². The third kappa shape index (κ3) is 1.70. The molecule has 0 aliphatic rings. The average molecular weight is 263 g/mol. The topological polar surface area (TPSA) is 93.5 Å². The van der Waals surface area contributed by atoms with E-state index in [0.717, 1.165) is 11.3 Å². The lowest BCUT2D eigenvalue weighted by molar-refractivity contribution is 0.0652. The van der Waals surface area contributed by atoms with Gasteiger partial charge in [0.15, 0.2) is 0 Å². The van der Waals surface area contributed by atoms with Gasteiger partial charge in [-0.1, -0.05) is 16.5 Å². The van der Waals surface area contributed by atoms with Gasteiger partial charge in [0.2, 0.25) is 5.76 Å². The Morgan fingerprint density at radius 1 is 1.33 bits per heavy atom. The number of carboxylic acids is 1. The molecule has 18 heavy (non-hydrogen) atoms. The molecule has 2 heterocycles. The highest BCUT2D eigenvalue weighted by Crippen LogP contribution is 2.25. The Labute approximate surface area is 103 Å². The van der Waals surface area contributed by atoms with Crippen molar-refractivity contribution in [3.63, 3.8) is 0 Å². The summed E-state index contributed by atoms with van der Waals surface area (Å²) in [6.45, 7) is 0. The summed E-state index contributed by atoms with van der Waals surface area (Å²) in [4.78, 5) is 21.4. The summed E-state index contributed by atoms with van der Waals surface area (Å²) in [7, 11) is 0. The van der Waals surface area contributed by atoms with Crippen molar-refractivity contribution in [2.45, 2.75) is 0 Å². The largest absolute Gasteiger partial charge is 0.475 e. The van der Waals surface area contributed by atoms with Gasteiger partial charge in [0, 0.05) is 11.6 Å². The zero-order valence-corrected chi connectivity index (χ0v) is 9.56. The lowest BCUT2D eigenvalue weighted by Crippen LogP contribution is -1.91. The molecule has 3 aromatic rings. The van der Waals surface area contributed by atoms with Gasteiger partial charge in [0.1, 0.15) is 11.3 Å². The van der Waals surface area contributed by atoms with E-state index < -0.39 is 5.97 Å². The highest BCUT2D eigenvalue weighted by molar-refractivity contribution is 7.16. The van der Waals surface area contributed by atoms with Crippen LogP contribution in [0.25, 0.3) is 21.5 Å². The van der Waals surface area contributed by atoms with Crippen LogP contribution in [-0.2, 0) is 0 Å². The molecule has 7 heteroatoms.